The molecule has 1 saturated heterocycles. The molecule has 8 heteroatoms. The van der Waals surface area contributed by atoms with Gasteiger partial charge in [0.25, 0.3) is 0 Å². The zero-order valence-electron chi connectivity index (χ0n) is 18.7. The van der Waals surface area contributed by atoms with E-state index in [1.54, 1.807) is 12.1 Å². The highest BCUT2D eigenvalue weighted by Gasteiger charge is 2.30. The first kappa shape index (κ1) is 23.1. The SMILES string of the molecule is COc1ccc(C(=O)O)cc1OC1CCC(OC(=O)c2cccc(CN3CCOCC3)c2)C1. The van der Waals surface area contributed by atoms with Crippen molar-refractivity contribution in [2.45, 2.75) is 38.0 Å². The molecule has 1 N–H and O–H groups in total. The first-order valence-electron chi connectivity index (χ1n) is 11.2. The molecule has 2 aromatic rings. The first-order valence-corrected chi connectivity index (χ1v) is 11.2. The molecule has 1 aliphatic carbocycles. The summed E-state index contributed by atoms with van der Waals surface area (Å²) in [5.74, 6) is -0.519. The Kier molecular flexibility index (Phi) is 7.47. The third kappa shape index (κ3) is 6.03. The topological polar surface area (TPSA) is 94.5 Å². The third-order valence-corrected chi connectivity index (χ3v) is 5.99. The van der Waals surface area contributed by atoms with E-state index in [4.69, 9.17) is 18.9 Å². The lowest BCUT2D eigenvalue weighted by Crippen LogP contribution is -2.35. The summed E-state index contributed by atoms with van der Waals surface area (Å²) >= 11 is 0. The summed E-state index contributed by atoms with van der Waals surface area (Å²) in [6.45, 7) is 4.02. The number of hydrogen-bond donors (Lipinski definition) is 1. The Morgan fingerprint density at radius 1 is 1.03 bits per heavy atom. The number of morpholine rings is 1. The molecule has 176 valence electrons. The average Bonchev–Trinajstić information content (AvgIpc) is 3.26. The van der Waals surface area contributed by atoms with Crippen LogP contribution in [0, 0.1) is 0 Å². The Balaban J connectivity index is 1.33. The lowest BCUT2D eigenvalue weighted by molar-refractivity contribution is 0.0289. The first-order chi connectivity index (χ1) is 16.0. The molecule has 4 rings (SSSR count). The van der Waals surface area contributed by atoms with Crippen molar-refractivity contribution in [3.63, 3.8) is 0 Å². The van der Waals surface area contributed by atoms with Gasteiger partial charge in [0.2, 0.25) is 0 Å². The molecule has 2 aliphatic rings. The Morgan fingerprint density at radius 3 is 2.58 bits per heavy atom. The molecule has 0 amide bonds. The van der Waals surface area contributed by atoms with Crippen molar-refractivity contribution < 1.29 is 33.6 Å². The van der Waals surface area contributed by atoms with E-state index in [2.05, 4.69) is 4.90 Å². The van der Waals surface area contributed by atoms with Gasteiger partial charge in [-0.15, -0.1) is 0 Å². The second-order valence-electron chi connectivity index (χ2n) is 8.34. The molecule has 2 atom stereocenters. The number of aromatic carboxylic acids is 1. The Bertz CT molecular complexity index is 986. The molecule has 1 heterocycles. The second-order valence-corrected chi connectivity index (χ2v) is 8.34. The number of nitrogens with zero attached hydrogens (tertiary/aromatic N) is 1. The van der Waals surface area contributed by atoms with Crippen LogP contribution in [0.1, 0.15) is 45.5 Å². The van der Waals surface area contributed by atoms with E-state index in [1.165, 1.54) is 19.2 Å². The summed E-state index contributed by atoms with van der Waals surface area (Å²) in [5, 5.41) is 9.23. The highest BCUT2D eigenvalue weighted by molar-refractivity contribution is 5.89. The highest BCUT2D eigenvalue weighted by Crippen LogP contribution is 2.33. The molecule has 8 nitrogen and oxygen atoms in total. The van der Waals surface area contributed by atoms with Crippen LogP contribution in [0.3, 0.4) is 0 Å². The zero-order valence-corrected chi connectivity index (χ0v) is 18.7. The zero-order chi connectivity index (χ0) is 23.2. The van der Waals surface area contributed by atoms with E-state index in [0.29, 0.717) is 36.3 Å². The van der Waals surface area contributed by atoms with Crippen LogP contribution in [0.4, 0.5) is 0 Å². The molecule has 2 aromatic carbocycles. The van der Waals surface area contributed by atoms with E-state index >= 15 is 0 Å². The third-order valence-electron chi connectivity index (χ3n) is 5.99. The largest absolute Gasteiger partial charge is 0.493 e. The van der Waals surface area contributed by atoms with Gasteiger partial charge in [-0.25, -0.2) is 9.59 Å². The van der Waals surface area contributed by atoms with Crippen molar-refractivity contribution in [2.75, 3.05) is 33.4 Å². The van der Waals surface area contributed by atoms with Crippen molar-refractivity contribution in [1.82, 2.24) is 4.90 Å². The fourth-order valence-corrected chi connectivity index (χ4v) is 4.23. The van der Waals surface area contributed by atoms with Gasteiger partial charge < -0.3 is 24.1 Å². The number of hydrogen-bond acceptors (Lipinski definition) is 7. The number of ether oxygens (including phenoxy) is 4. The summed E-state index contributed by atoms with van der Waals surface area (Å²) in [6, 6.07) is 12.1. The summed E-state index contributed by atoms with van der Waals surface area (Å²) in [5.41, 5.74) is 1.74. The molecule has 2 unspecified atom stereocenters. The molecule has 33 heavy (non-hydrogen) atoms. The van der Waals surface area contributed by atoms with Gasteiger partial charge in [0.1, 0.15) is 12.2 Å². The normalized spacial score (nSPS) is 20.9. The van der Waals surface area contributed by atoms with Crippen molar-refractivity contribution in [3.8, 4) is 11.5 Å². The van der Waals surface area contributed by atoms with Crippen LogP contribution in [0.2, 0.25) is 0 Å². The molecule has 0 spiro atoms. The number of methoxy groups -OCH3 is 1. The van der Waals surface area contributed by atoms with Crippen LogP contribution >= 0.6 is 0 Å². The summed E-state index contributed by atoms with van der Waals surface area (Å²) in [6.07, 6.45) is 1.49. The van der Waals surface area contributed by atoms with Crippen molar-refractivity contribution in [2.24, 2.45) is 0 Å². The summed E-state index contributed by atoms with van der Waals surface area (Å²) in [4.78, 5) is 26.3. The van der Waals surface area contributed by atoms with Gasteiger partial charge in [-0.2, -0.15) is 0 Å². The van der Waals surface area contributed by atoms with Gasteiger partial charge >= 0.3 is 11.9 Å². The Hall–Kier alpha value is -3.10. The minimum atomic E-state index is -1.03. The molecular weight excluding hydrogens is 426 g/mol. The van der Waals surface area contributed by atoms with Gasteiger partial charge in [-0.1, -0.05) is 12.1 Å². The standard InChI is InChI=1S/C25H29NO7/c1-30-22-8-5-18(24(27)28)14-23(22)32-20-6-7-21(15-20)33-25(29)19-4-2-3-17(13-19)16-26-9-11-31-12-10-26/h2-5,8,13-14,20-21H,6-7,9-12,15-16H2,1H3,(H,27,28). The quantitative estimate of drug-likeness (QED) is 0.606. The fourth-order valence-electron chi connectivity index (χ4n) is 4.23. The number of carboxylic acids is 1. The number of carboxylic acid groups (broad SMARTS) is 1. The lowest BCUT2D eigenvalue weighted by Gasteiger charge is -2.26. The van der Waals surface area contributed by atoms with E-state index in [0.717, 1.165) is 38.4 Å². The number of carbonyl (C=O) groups excluding carboxylic acids is 1. The Morgan fingerprint density at radius 2 is 1.82 bits per heavy atom. The molecular formula is C25H29NO7. The molecule has 2 fully saturated rings. The van der Waals surface area contributed by atoms with Crippen LogP contribution < -0.4 is 9.47 Å². The van der Waals surface area contributed by atoms with Crippen molar-refractivity contribution in [3.05, 3.63) is 59.2 Å². The van der Waals surface area contributed by atoms with Crippen LogP contribution in [0.15, 0.2) is 42.5 Å². The number of benzene rings is 2. The van der Waals surface area contributed by atoms with Crippen LogP contribution in [0.25, 0.3) is 0 Å². The maximum atomic E-state index is 12.7. The van der Waals surface area contributed by atoms with Gasteiger partial charge in [-0.3, -0.25) is 4.90 Å². The monoisotopic (exact) mass is 455 g/mol. The van der Waals surface area contributed by atoms with Crippen molar-refractivity contribution in [1.29, 1.82) is 0 Å². The Labute approximate surface area is 193 Å². The number of esters is 1. The van der Waals surface area contributed by atoms with E-state index < -0.39 is 5.97 Å². The van der Waals surface area contributed by atoms with Crippen LogP contribution in [-0.2, 0) is 16.0 Å². The second kappa shape index (κ2) is 10.7. The lowest BCUT2D eigenvalue weighted by atomic mass is 10.1. The predicted octanol–water partition coefficient (Wildman–Crippen LogP) is 3.38. The minimum absolute atomic E-state index is 0.128. The van der Waals surface area contributed by atoms with Crippen molar-refractivity contribution >= 4 is 11.9 Å². The van der Waals surface area contributed by atoms with Crippen LogP contribution in [0.5, 0.6) is 11.5 Å². The van der Waals surface area contributed by atoms with Gasteiger partial charge in [-0.05, 0) is 48.7 Å². The van der Waals surface area contributed by atoms with Gasteiger partial charge in [0, 0.05) is 26.1 Å². The smallest absolute Gasteiger partial charge is 0.338 e. The van der Waals surface area contributed by atoms with E-state index in [1.807, 2.05) is 18.2 Å². The summed E-state index contributed by atoms with van der Waals surface area (Å²) in [7, 11) is 1.51. The van der Waals surface area contributed by atoms with Gasteiger partial charge in [0.15, 0.2) is 11.5 Å². The maximum Gasteiger partial charge on any atom is 0.338 e. The fraction of sp³-hybridized carbons (Fsp3) is 0.440. The van der Waals surface area contributed by atoms with E-state index in [9.17, 15) is 14.7 Å². The minimum Gasteiger partial charge on any atom is -0.493 e. The molecule has 1 aliphatic heterocycles. The molecule has 0 bridgehead atoms. The van der Waals surface area contributed by atoms with E-state index in [-0.39, 0.29) is 23.7 Å². The van der Waals surface area contributed by atoms with Gasteiger partial charge in [0.05, 0.1) is 31.5 Å². The molecule has 1 saturated carbocycles. The maximum absolute atomic E-state index is 12.7. The number of carbonyl (C=O) groups is 2. The molecule has 0 aromatic heterocycles. The number of rotatable bonds is 8. The summed E-state index contributed by atoms with van der Waals surface area (Å²) < 4.78 is 22.4. The molecule has 0 radical (unpaired) electrons. The average molecular weight is 456 g/mol. The van der Waals surface area contributed by atoms with Crippen LogP contribution in [-0.4, -0.2) is 67.6 Å². The predicted molar refractivity (Wildman–Crippen MR) is 120 cm³/mol. The highest BCUT2D eigenvalue weighted by atomic mass is 16.6.